The maximum atomic E-state index is 11.1. The standard InChI is InChI=1S/C23H21O4P.C7H8O4S/c1-16(24)26-20-12-8-18(9-13-20)23(28-22-6-4-3-5-7-22)19-10-14-21(15-11-19)27-17(2)25;1-5-2-3-6(8)4-7(5)12(9,10)11/h3-15,23,28H,1-2H3;2-4,8H,1H3,(H,9,10,11). The van der Waals surface area contributed by atoms with E-state index in [0.717, 1.165) is 17.2 Å². The van der Waals surface area contributed by atoms with Crippen molar-refractivity contribution in [3.05, 3.63) is 114 Å². The normalized spacial score (nSPS) is 11.1. The van der Waals surface area contributed by atoms with Crippen molar-refractivity contribution < 1.29 is 37.1 Å². The number of rotatable bonds is 7. The van der Waals surface area contributed by atoms with Gasteiger partial charge in [0.05, 0.1) is 0 Å². The molecule has 0 radical (unpaired) electrons. The second-order valence-corrected chi connectivity index (χ2v) is 11.5. The van der Waals surface area contributed by atoms with Crippen molar-refractivity contribution in [3.8, 4) is 17.2 Å². The smallest absolute Gasteiger partial charge is 0.308 e. The Hall–Kier alpha value is -4.04. The Kier molecular flexibility index (Phi) is 10.6. The number of carbonyl (C=O) groups is 2. The quantitative estimate of drug-likeness (QED) is 0.126. The molecule has 4 aromatic carbocycles. The Balaban J connectivity index is 0.000000307. The zero-order valence-electron chi connectivity index (χ0n) is 22.1. The minimum Gasteiger partial charge on any atom is -0.508 e. The number of phenols is 1. The summed E-state index contributed by atoms with van der Waals surface area (Å²) < 4.78 is 40.2. The molecule has 208 valence electrons. The van der Waals surface area contributed by atoms with Crippen LogP contribution in [0.2, 0.25) is 0 Å². The highest BCUT2D eigenvalue weighted by atomic mass is 32.2. The van der Waals surface area contributed by atoms with Gasteiger partial charge in [-0.25, -0.2) is 0 Å². The minimum absolute atomic E-state index is 0.139. The van der Waals surface area contributed by atoms with Crippen molar-refractivity contribution >= 4 is 35.9 Å². The van der Waals surface area contributed by atoms with Gasteiger partial charge in [0.1, 0.15) is 22.1 Å². The first-order valence-electron chi connectivity index (χ1n) is 12.1. The SMILES string of the molecule is CC(=O)Oc1ccc(C(Pc2ccccc2)c2ccc(OC(C)=O)cc2)cc1.Cc1ccc(O)cc1S(=O)(=O)O. The Morgan fingerprint density at radius 3 is 1.62 bits per heavy atom. The average Bonchev–Trinajstić information content (AvgIpc) is 2.90. The number of aryl methyl sites for hydroxylation is 1. The molecule has 0 saturated heterocycles. The van der Waals surface area contributed by atoms with Gasteiger partial charge in [-0.05, 0) is 59.3 Å². The van der Waals surface area contributed by atoms with Gasteiger partial charge in [0.2, 0.25) is 0 Å². The van der Waals surface area contributed by atoms with E-state index in [4.69, 9.17) is 19.1 Å². The van der Waals surface area contributed by atoms with Gasteiger partial charge >= 0.3 is 11.9 Å². The van der Waals surface area contributed by atoms with Gasteiger partial charge < -0.3 is 14.6 Å². The highest BCUT2D eigenvalue weighted by molar-refractivity contribution is 7.85. The highest BCUT2D eigenvalue weighted by Gasteiger charge is 2.16. The lowest BCUT2D eigenvalue weighted by Gasteiger charge is -2.19. The molecule has 8 nitrogen and oxygen atoms in total. The van der Waals surface area contributed by atoms with E-state index in [9.17, 15) is 18.0 Å². The lowest BCUT2D eigenvalue weighted by molar-refractivity contribution is -0.132. The predicted octanol–water partition coefficient (Wildman–Crippen LogP) is 5.58. The summed E-state index contributed by atoms with van der Waals surface area (Å²) in [7, 11) is -3.70. The maximum Gasteiger partial charge on any atom is 0.308 e. The van der Waals surface area contributed by atoms with Crippen molar-refractivity contribution in [2.24, 2.45) is 0 Å². The summed E-state index contributed by atoms with van der Waals surface area (Å²) in [5.41, 5.74) is 2.78. The van der Waals surface area contributed by atoms with Gasteiger partial charge in [0, 0.05) is 25.6 Å². The molecule has 1 unspecified atom stereocenters. The molecule has 0 aliphatic carbocycles. The fraction of sp³-hybridized carbons (Fsp3) is 0.133. The van der Waals surface area contributed by atoms with Gasteiger partial charge in [0.25, 0.3) is 10.1 Å². The topological polar surface area (TPSA) is 127 Å². The number of aromatic hydroxyl groups is 1. The summed E-state index contributed by atoms with van der Waals surface area (Å²) in [6.45, 7) is 4.30. The van der Waals surface area contributed by atoms with Crippen molar-refractivity contribution in [3.63, 3.8) is 0 Å². The Labute approximate surface area is 235 Å². The van der Waals surface area contributed by atoms with Gasteiger partial charge in [0.15, 0.2) is 0 Å². The van der Waals surface area contributed by atoms with Crippen LogP contribution in [0.4, 0.5) is 0 Å². The van der Waals surface area contributed by atoms with E-state index in [-0.39, 0.29) is 28.2 Å². The molecule has 0 aromatic heterocycles. The van der Waals surface area contributed by atoms with Crippen LogP contribution < -0.4 is 14.8 Å². The second kappa shape index (κ2) is 13.8. The number of hydrogen-bond donors (Lipinski definition) is 2. The van der Waals surface area contributed by atoms with Crippen LogP contribution in [0.5, 0.6) is 17.2 Å². The number of phenolic OH excluding ortho intramolecular Hbond substituents is 1. The number of esters is 2. The molecular formula is C30H29O8PS. The molecule has 0 aliphatic rings. The molecule has 40 heavy (non-hydrogen) atoms. The van der Waals surface area contributed by atoms with Crippen molar-refractivity contribution in [2.45, 2.75) is 31.3 Å². The second-order valence-electron chi connectivity index (χ2n) is 8.69. The lowest BCUT2D eigenvalue weighted by Crippen LogP contribution is -2.04. The van der Waals surface area contributed by atoms with Gasteiger partial charge in [-0.1, -0.05) is 69.2 Å². The molecule has 1 atom stereocenters. The molecule has 4 aromatic rings. The zero-order valence-corrected chi connectivity index (χ0v) is 23.9. The van der Waals surface area contributed by atoms with E-state index in [1.807, 2.05) is 66.7 Å². The van der Waals surface area contributed by atoms with E-state index in [0.29, 0.717) is 25.6 Å². The molecule has 0 bridgehead atoms. The zero-order chi connectivity index (χ0) is 29.3. The Morgan fingerprint density at radius 1 is 0.750 bits per heavy atom. The molecule has 2 N–H and O–H groups in total. The first-order valence-corrected chi connectivity index (χ1v) is 14.6. The van der Waals surface area contributed by atoms with Crippen molar-refractivity contribution in [1.82, 2.24) is 0 Å². The van der Waals surface area contributed by atoms with Crippen molar-refractivity contribution in [1.29, 1.82) is 0 Å². The Morgan fingerprint density at radius 2 is 1.23 bits per heavy atom. The van der Waals surface area contributed by atoms with Gasteiger partial charge in [-0.15, -0.1) is 0 Å². The fourth-order valence-electron chi connectivity index (χ4n) is 3.72. The predicted molar refractivity (Wildman–Crippen MR) is 154 cm³/mol. The number of ether oxygens (including phenoxy) is 2. The first kappa shape index (κ1) is 30.5. The van der Waals surface area contributed by atoms with Crippen LogP contribution in [-0.2, 0) is 19.7 Å². The summed E-state index contributed by atoms with van der Waals surface area (Å²) in [4.78, 5) is 22.0. The average molecular weight is 581 g/mol. The fourth-order valence-corrected chi connectivity index (χ4v) is 5.90. The molecule has 4 rings (SSSR count). The number of hydrogen-bond acceptors (Lipinski definition) is 7. The molecule has 10 heteroatoms. The first-order chi connectivity index (χ1) is 18.9. The van der Waals surface area contributed by atoms with E-state index < -0.39 is 10.1 Å². The summed E-state index contributed by atoms with van der Waals surface area (Å²) in [5.74, 6) is 0.202. The Bertz CT molecular complexity index is 1490. The van der Waals surface area contributed by atoms with Crippen LogP contribution in [0, 0.1) is 6.92 Å². The molecule has 0 saturated carbocycles. The summed E-state index contributed by atoms with van der Waals surface area (Å²) in [6, 6.07) is 29.3. The third-order valence-electron chi connectivity index (χ3n) is 5.48. The molecule has 0 aliphatic heterocycles. The molecular weight excluding hydrogens is 551 g/mol. The molecule has 0 spiro atoms. The third kappa shape index (κ3) is 9.31. The minimum atomic E-state index is -4.22. The summed E-state index contributed by atoms with van der Waals surface area (Å²) in [5, 5.41) is 10.2. The highest BCUT2D eigenvalue weighted by Crippen LogP contribution is 2.41. The third-order valence-corrected chi connectivity index (χ3v) is 8.10. The van der Waals surface area contributed by atoms with Crippen LogP contribution in [0.3, 0.4) is 0 Å². The number of carbonyl (C=O) groups excluding carboxylic acids is 2. The van der Waals surface area contributed by atoms with Crippen LogP contribution in [-0.4, -0.2) is 30.0 Å². The van der Waals surface area contributed by atoms with Crippen molar-refractivity contribution in [2.75, 3.05) is 0 Å². The molecule has 0 amide bonds. The molecule has 0 heterocycles. The summed E-state index contributed by atoms with van der Waals surface area (Å²) >= 11 is 0. The summed E-state index contributed by atoms with van der Waals surface area (Å²) in [6.07, 6.45) is 0. The monoisotopic (exact) mass is 580 g/mol. The van der Waals surface area contributed by atoms with E-state index in [1.54, 1.807) is 0 Å². The van der Waals surface area contributed by atoms with Crippen LogP contribution >= 0.6 is 8.58 Å². The van der Waals surface area contributed by atoms with Gasteiger partial charge in [-0.3, -0.25) is 14.1 Å². The van der Waals surface area contributed by atoms with E-state index in [1.165, 1.54) is 38.2 Å². The van der Waals surface area contributed by atoms with Crippen LogP contribution in [0.25, 0.3) is 0 Å². The van der Waals surface area contributed by atoms with Crippen LogP contribution in [0.1, 0.15) is 36.2 Å². The molecule has 0 fully saturated rings. The number of benzene rings is 4. The van der Waals surface area contributed by atoms with E-state index >= 15 is 0 Å². The lowest BCUT2D eigenvalue weighted by atomic mass is 10.0. The van der Waals surface area contributed by atoms with Crippen LogP contribution in [0.15, 0.2) is 102 Å². The maximum absolute atomic E-state index is 11.1. The largest absolute Gasteiger partial charge is 0.508 e. The van der Waals surface area contributed by atoms with Gasteiger partial charge in [-0.2, -0.15) is 8.42 Å². The van der Waals surface area contributed by atoms with E-state index in [2.05, 4.69) is 12.1 Å².